The third kappa shape index (κ3) is 28.1. The second-order valence-electron chi connectivity index (χ2n) is 15.1. The van der Waals surface area contributed by atoms with E-state index in [1.54, 1.807) is 0 Å². The van der Waals surface area contributed by atoms with Crippen LogP contribution in [0.3, 0.4) is 0 Å². The summed E-state index contributed by atoms with van der Waals surface area (Å²) in [5.74, 6) is -0.853. The van der Waals surface area contributed by atoms with Crippen LogP contribution in [0.4, 0.5) is 0 Å². The second kappa shape index (κ2) is 37.0. The van der Waals surface area contributed by atoms with Gasteiger partial charge in [0, 0.05) is 12.8 Å². The highest BCUT2D eigenvalue weighted by Gasteiger charge is 2.44. The lowest BCUT2D eigenvalue weighted by Gasteiger charge is -2.39. The Labute approximate surface area is 339 Å². The molecule has 0 bridgehead atoms. The van der Waals surface area contributed by atoms with Gasteiger partial charge in [-0.1, -0.05) is 159 Å². The Morgan fingerprint density at radius 3 is 1.59 bits per heavy atom. The van der Waals surface area contributed by atoms with Gasteiger partial charge in [-0.25, -0.2) is 0 Å². The largest absolute Gasteiger partial charge is 0.462 e. The highest BCUT2D eigenvalue weighted by atomic mass is 16.7. The van der Waals surface area contributed by atoms with Gasteiger partial charge in [0.25, 0.3) is 0 Å². The van der Waals surface area contributed by atoms with Crippen LogP contribution in [-0.4, -0.2) is 89.0 Å². The summed E-state index contributed by atoms with van der Waals surface area (Å²) in [6.45, 7) is 3.27. The molecule has 0 amide bonds. The first kappa shape index (κ1) is 51.7. The molecule has 0 aromatic heterocycles. The van der Waals surface area contributed by atoms with Crippen molar-refractivity contribution >= 4 is 11.9 Å². The summed E-state index contributed by atoms with van der Waals surface area (Å²) in [4.78, 5) is 25.3. The molecule has 10 nitrogen and oxygen atoms in total. The Bertz CT molecular complexity index is 1050. The minimum absolute atomic E-state index is 0.178. The molecule has 4 N–H and O–H groups in total. The van der Waals surface area contributed by atoms with Crippen LogP contribution in [0.15, 0.2) is 48.6 Å². The number of rotatable bonds is 36. The summed E-state index contributed by atoms with van der Waals surface area (Å²) < 4.78 is 22.1. The molecule has 0 aromatic rings. The maximum atomic E-state index is 12.7. The maximum absolute atomic E-state index is 12.7. The smallest absolute Gasteiger partial charge is 0.306 e. The Balaban J connectivity index is 2.36. The van der Waals surface area contributed by atoms with Crippen LogP contribution in [0.5, 0.6) is 0 Å². The summed E-state index contributed by atoms with van der Waals surface area (Å²) in [5.41, 5.74) is 0. The van der Waals surface area contributed by atoms with E-state index in [1.165, 1.54) is 83.5 Å². The van der Waals surface area contributed by atoms with E-state index in [9.17, 15) is 30.0 Å². The molecule has 324 valence electrons. The van der Waals surface area contributed by atoms with Gasteiger partial charge in [-0.2, -0.15) is 0 Å². The van der Waals surface area contributed by atoms with Gasteiger partial charge in [-0.15, -0.1) is 0 Å². The van der Waals surface area contributed by atoms with Crippen LogP contribution in [0.25, 0.3) is 0 Å². The van der Waals surface area contributed by atoms with Crippen molar-refractivity contribution in [3.05, 3.63) is 48.6 Å². The lowest BCUT2D eigenvalue weighted by molar-refractivity contribution is -0.305. The number of aliphatic hydroxyl groups excluding tert-OH is 4. The zero-order chi connectivity index (χ0) is 40.9. The topological polar surface area (TPSA) is 152 Å². The summed E-state index contributed by atoms with van der Waals surface area (Å²) in [6.07, 6.45) is 35.5. The maximum Gasteiger partial charge on any atom is 0.306 e. The number of carbonyl (C=O) groups excluding carboxylic acids is 2. The predicted octanol–water partition coefficient (Wildman–Crippen LogP) is 9.27. The molecule has 56 heavy (non-hydrogen) atoms. The number of ether oxygens (including phenoxy) is 4. The Morgan fingerprint density at radius 2 is 1.05 bits per heavy atom. The minimum atomic E-state index is -1.60. The van der Waals surface area contributed by atoms with Crippen molar-refractivity contribution in [2.75, 3.05) is 19.8 Å². The molecule has 0 aliphatic carbocycles. The quantitative estimate of drug-likeness (QED) is 0.0275. The van der Waals surface area contributed by atoms with E-state index in [1.807, 2.05) is 0 Å². The molecular formula is C46H80O10. The van der Waals surface area contributed by atoms with E-state index in [0.717, 1.165) is 57.8 Å². The molecule has 0 spiro atoms. The molecular weight excluding hydrogens is 712 g/mol. The molecule has 1 aliphatic heterocycles. The SMILES string of the molecule is CC/C=C\C/C=C\C/C=C\C/C=C\CCCCC(=O)OC(COC(=O)CCCCCCCCCCCCCCCCCC)COC1OC(CO)C(O)C(O)C1O. The van der Waals surface area contributed by atoms with Gasteiger partial charge in [-0.05, 0) is 51.4 Å². The highest BCUT2D eigenvalue weighted by Crippen LogP contribution is 2.22. The van der Waals surface area contributed by atoms with Crippen molar-refractivity contribution in [3.63, 3.8) is 0 Å². The first-order valence-corrected chi connectivity index (χ1v) is 22.2. The normalized spacial score (nSPS) is 20.9. The molecule has 10 heteroatoms. The molecule has 1 heterocycles. The van der Waals surface area contributed by atoms with E-state index < -0.39 is 49.4 Å². The average Bonchev–Trinajstić information content (AvgIpc) is 3.19. The zero-order valence-electron chi connectivity index (χ0n) is 35.1. The van der Waals surface area contributed by atoms with Crippen LogP contribution in [0.2, 0.25) is 0 Å². The van der Waals surface area contributed by atoms with Gasteiger partial charge in [0.2, 0.25) is 0 Å². The van der Waals surface area contributed by atoms with E-state index in [-0.39, 0.29) is 32.0 Å². The van der Waals surface area contributed by atoms with Crippen molar-refractivity contribution in [1.29, 1.82) is 0 Å². The summed E-state index contributed by atoms with van der Waals surface area (Å²) in [5, 5.41) is 40.0. The fourth-order valence-electron chi connectivity index (χ4n) is 6.47. The molecule has 6 unspecified atom stereocenters. The van der Waals surface area contributed by atoms with Gasteiger partial charge in [0.05, 0.1) is 13.2 Å². The number of aliphatic hydroxyl groups is 4. The first-order valence-electron chi connectivity index (χ1n) is 22.2. The molecule has 0 saturated carbocycles. The third-order valence-electron chi connectivity index (χ3n) is 9.98. The number of carbonyl (C=O) groups is 2. The predicted molar refractivity (Wildman–Crippen MR) is 224 cm³/mol. The molecule has 1 saturated heterocycles. The van der Waals surface area contributed by atoms with Crippen LogP contribution in [0.1, 0.15) is 174 Å². The number of hydrogen-bond donors (Lipinski definition) is 4. The van der Waals surface area contributed by atoms with Crippen molar-refractivity contribution in [3.8, 4) is 0 Å². The summed E-state index contributed by atoms with van der Waals surface area (Å²) in [7, 11) is 0. The van der Waals surface area contributed by atoms with Crippen molar-refractivity contribution < 1.29 is 49.0 Å². The van der Waals surface area contributed by atoms with Gasteiger partial charge in [-0.3, -0.25) is 9.59 Å². The van der Waals surface area contributed by atoms with E-state index in [0.29, 0.717) is 6.42 Å². The van der Waals surface area contributed by atoms with E-state index in [4.69, 9.17) is 18.9 Å². The van der Waals surface area contributed by atoms with Gasteiger partial charge < -0.3 is 39.4 Å². The molecule has 1 aliphatic rings. The number of allylic oxidation sites excluding steroid dienone is 8. The fraction of sp³-hybridized carbons (Fsp3) is 0.783. The van der Waals surface area contributed by atoms with E-state index >= 15 is 0 Å². The Kier molecular flexibility index (Phi) is 34.1. The minimum Gasteiger partial charge on any atom is -0.462 e. The van der Waals surface area contributed by atoms with Crippen LogP contribution < -0.4 is 0 Å². The molecule has 6 atom stereocenters. The Morgan fingerprint density at radius 1 is 0.571 bits per heavy atom. The van der Waals surface area contributed by atoms with E-state index in [2.05, 4.69) is 62.5 Å². The monoisotopic (exact) mass is 793 g/mol. The van der Waals surface area contributed by atoms with Crippen LogP contribution >= 0.6 is 0 Å². The Hall–Kier alpha value is -2.34. The zero-order valence-corrected chi connectivity index (χ0v) is 35.1. The van der Waals surface area contributed by atoms with Crippen LogP contribution in [0, 0.1) is 0 Å². The standard InChI is InChI=1S/C46H80O10/c1-3-5-7-9-11-13-15-17-19-21-22-24-26-28-30-32-34-41(48)53-37-39(38-54-46-45(52)44(51)43(50)40(36-47)56-46)55-42(49)35-33-31-29-27-25-23-20-18-16-14-12-10-8-6-4-2/h6,8,12,14,18,20,25,27,39-40,43-47,50-52H,3-5,7,9-11,13,15-17,19,21-24,26,28-38H2,1-2H3/b8-6-,14-12-,20-18-,27-25-. The molecule has 0 aromatic carbocycles. The summed E-state index contributed by atoms with van der Waals surface area (Å²) in [6, 6.07) is 0. The lowest BCUT2D eigenvalue weighted by atomic mass is 9.99. The van der Waals surface area contributed by atoms with Crippen LogP contribution in [-0.2, 0) is 28.5 Å². The fourth-order valence-corrected chi connectivity index (χ4v) is 6.47. The average molecular weight is 793 g/mol. The highest BCUT2D eigenvalue weighted by molar-refractivity contribution is 5.70. The van der Waals surface area contributed by atoms with Crippen molar-refractivity contribution in [2.45, 2.75) is 211 Å². The summed E-state index contributed by atoms with van der Waals surface area (Å²) >= 11 is 0. The second-order valence-corrected chi connectivity index (χ2v) is 15.1. The molecule has 1 fully saturated rings. The van der Waals surface area contributed by atoms with Gasteiger partial charge in [0.1, 0.15) is 31.0 Å². The van der Waals surface area contributed by atoms with Gasteiger partial charge >= 0.3 is 11.9 Å². The number of hydrogen-bond acceptors (Lipinski definition) is 10. The lowest BCUT2D eigenvalue weighted by Crippen LogP contribution is -2.59. The first-order chi connectivity index (χ1) is 27.3. The molecule has 0 radical (unpaired) electrons. The van der Waals surface area contributed by atoms with Gasteiger partial charge in [0.15, 0.2) is 12.4 Å². The van der Waals surface area contributed by atoms with Crippen molar-refractivity contribution in [1.82, 2.24) is 0 Å². The molecule has 1 rings (SSSR count). The third-order valence-corrected chi connectivity index (χ3v) is 9.98. The number of esters is 2. The number of unbranched alkanes of at least 4 members (excludes halogenated alkanes) is 17. The van der Waals surface area contributed by atoms with Crippen molar-refractivity contribution in [2.24, 2.45) is 0 Å².